The first-order chi connectivity index (χ1) is 23.8. The largest absolute Gasteiger partial charge is 0.278 e. The van der Waals surface area contributed by atoms with Crippen LogP contribution in [0, 0.1) is 0 Å². The lowest BCUT2D eigenvalue weighted by Crippen LogP contribution is -2.30. The Morgan fingerprint density at radius 2 is 0.917 bits per heavy atom. The number of hydrogen-bond acceptors (Lipinski definition) is 2. The van der Waals surface area contributed by atoms with Gasteiger partial charge in [-0.2, -0.15) is 0 Å². The van der Waals surface area contributed by atoms with Crippen molar-refractivity contribution in [1.29, 1.82) is 0 Å². The van der Waals surface area contributed by atoms with E-state index in [-0.39, 0.29) is 0 Å². The molecule has 0 atom stereocenters. The molecule has 1 spiro atoms. The Balaban J connectivity index is 1.31. The Kier molecular flexibility index (Phi) is 5.04. The van der Waals surface area contributed by atoms with Gasteiger partial charge < -0.3 is 0 Å². The predicted octanol–water partition coefficient (Wildman–Crippen LogP) is 10.7. The number of benzene rings is 7. The summed E-state index contributed by atoms with van der Waals surface area (Å²) in [5, 5.41) is 5.11. The van der Waals surface area contributed by atoms with E-state index in [1.54, 1.807) is 0 Å². The molecule has 2 aliphatic carbocycles. The normalized spacial score (nSPS) is 13.6. The fourth-order valence-corrected chi connectivity index (χ4v) is 8.78. The van der Waals surface area contributed by atoms with Crippen LogP contribution in [0.15, 0.2) is 164 Å². The molecule has 0 N–H and O–H groups in total. The molecule has 7 aromatic carbocycles. The zero-order valence-electron chi connectivity index (χ0n) is 25.9. The molecule has 0 aliphatic heterocycles. The quantitative estimate of drug-likeness (QED) is 0.200. The summed E-state index contributed by atoms with van der Waals surface area (Å²) >= 11 is 0. The van der Waals surface area contributed by atoms with Crippen LogP contribution >= 0.6 is 0 Å². The van der Waals surface area contributed by atoms with Crippen LogP contribution in [-0.2, 0) is 5.41 Å². The summed E-state index contributed by atoms with van der Waals surface area (Å²) in [6.07, 6.45) is 0. The molecule has 0 fully saturated rings. The van der Waals surface area contributed by atoms with Crippen molar-refractivity contribution in [1.82, 2.24) is 14.5 Å². The molecular formula is C45H27N3. The lowest BCUT2D eigenvalue weighted by molar-refractivity contribution is 0.783. The highest BCUT2D eigenvalue weighted by atomic mass is 15.2. The zero-order chi connectivity index (χ0) is 31.4. The van der Waals surface area contributed by atoms with E-state index in [4.69, 9.17) is 9.97 Å². The second kappa shape index (κ2) is 9.37. The van der Waals surface area contributed by atoms with Gasteiger partial charge in [0, 0.05) is 21.9 Å². The number of hydrogen-bond donors (Lipinski definition) is 0. The molecule has 11 rings (SSSR count). The molecule has 0 amide bonds. The van der Waals surface area contributed by atoms with E-state index in [2.05, 4.69) is 156 Å². The highest BCUT2D eigenvalue weighted by Gasteiger charge is 2.49. The fourth-order valence-electron chi connectivity index (χ4n) is 8.78. The lowest BCUT2D eigenvalue weighted by atomic mass is 9.63. The summed E-state index contributed by atoms with van der Waals surface area (Å²) in [7, 11) is 0. The Morgan fingerprint density at radius 1 is 0.396 bits per heavy atom. The van der Waals surface area contributed by atoms with E-state index in [9.17, 15) is 0 Å². The highest BCUT2D eigenvalue weighted by Crippen LogP contribution is 2.61. The molecule has 0 radical (unpaired) electrons. The summed E-state index contributed by atoms with van der Waals surface area (Å²) < 4.78 is 2.30. The second-order valence-electron chi connectivity index (χ2n) is 12.9. The molecule has 48 heavy (non-hydrogen) atoms. The van der Waals surface area contributed by atoms with Gasteiger partial charge in [-0.1, -0.05) is 146 Å². The molecule has 2 aromatic heterocycles. The molecule has 0 bridgehead atoms. The van der Waals surface area contributed by atoms with E-state index in [0.717, 1.165) is 33.5 Å². The van der Waals surface area contributed by atoms with Crippen LogP contribution in [0.4, 0.5) is 0 Å². The van der Waals surface area contributed by atoms with Crippen LogP contribution in [-0.4, -0.2) is 14.5 Å². The van der Waals surface area contributed by atoms with Crippen molar-refractivity contribution in [3.63, 3.8) is 0 Å². The average molecular weight is 610 g/mol. The van der Waals surface area contributed by atoms with Crippen molar-refractivity contribution in [3.8, 4) is 39.6 Å². The minimum Gasteiger partial charge on any atom is -0.278 e. The summed E-state index contributed by atoms with van der Waals surface area (Å²) in [5.41, 5.74) is 13.7. The van der Waals surface area contributed by atoms with E-state index >= 15 is 0 Å². The minimum atomic E-state index is -0.443. The van der Waals surface area contributed by atoms with Gasteiger partial charge in [0.25, 0.3) is 0 Å². The van der Waals surface area contributed by atoms with Gasteiger partial charge in [-0.05, 0) is 62.4 Å². The smallest absolute Gasteiger partial charge is 0.235 e. The third-order valence-electron chi connectivity index (χ3n) is 10.6. The number of nitrogens with zero attached hydrogens (tertiary/aromatic N) is 3. The Morgan fingerprint density at radius 3 is 1.56 bits per heavy atom. The number of aromatic nitrogens is 3. The first-order valence-electron chi connectivity index (χ1n) is 16.5. The first kappa shape index (κ1) is 25.8. The maximum absolute atomic E-state index is 5.31. The van der Waals surface area contributed by atoms with Gasteiger partial charge >= 0.3 is 0 Å². The summed E-state index contributed by atoms with van der Waals surface area (Å²) in [6, 6.07) is 59.2. The maximum Gasteiger partial charge on any atom is 0.235 e. The van der Waals surface area contributed by atoms with Crippen molar-refractivity contribution < 1.29 is 0 Å². The van der Waals surface area contributed by atoms with Gasteiger partial charge in [-0.25, -0.2) is 9.97 Å². The van der Waals surface area contributed by atoms with Gasteiger partial charge in [0.2, 0.25) is 5.95 Å². The SMILES string of the molecule is c1ccc(-c2cc(-c3ccccc3)nc(-n3c4cccc5c4c4c6c(cccc6ccc43)C53c4ccccc4-c4ccccc43)n2)cc1. The second-order valence-corrected chi connectivity index (χ2v) is 12.9. The molecule has 0 unspecified atom stereocenters. The van der Waals surface area contributed by atoms with E-state index in [0.29, 0.717) is 5.95 Å². The molecule has 0 saturated heterocycles. The number of rotatable bonds is 3. The van der Waals surface area contributed by atoms with Crippen LogP contribution in [0.5, 0.6) is 0 Å². The summed E-state index contributed by atoms with van der Waals surface area (Å²) in [5.74, 6) is 0.673. The maximum atomic E-state index is 5.31. The molecule has 9 aromatic rings. The molecule has 3 nitrogen and oxygen atoms in total. The predicted molar refractivity (Wildman–Crippen MR) is 196 cm³/mol. The average Bonchev–Trinajstić information content (AvgIpc) is 3.66. The van der Waals surface area contributed by atoms with Crippen molar-refractivity contribution >= 4 is 32.6 Å². The molecule has 0 saturated carbocycles. The first-order valence-corrected chi connectivity index (χ1v) is 16.5. The topological polar surface area (TPSA) is 30.7 Å². The third kappa shape index (κ3) is 3.18. The van der Waals surface area contributed by atoms with Crippen LogP contribution < -0.4 is 0 Å². The van der Waals surface area contributed by atoms with E-state index < -0.39 is 5.41 Å². The van der Waals surface area contributed by atoms with E-state index in [1.807, 2.05) is 12.1 Å². The lowest BCUT2D eigenvalue weighted by Gasteiger charge is -2.37. The van der Waals surface area contributed by atoms with Crippen molar-refractivity contribution in [2.45, 2.75) is 5.41 Å². The van der Waals surface area contributed by atoms with Gasteiger partial charge in [0.1, 0.15) is 0 Å². The van der Waals surface area contributed by atoms with Crippen LogP contribution in [0.1, 0.15) is 22.3 Å². The Bertz CT molecular complexity index is 2670. The fraction of sp³-hybridized carbons (Fsp3) is 0.0222. The van der Waals surface area contributed by atoms with Gasteiger partial charge in [-0.3, -0.25) is 4.57 Å². The van der Waals surface area contributed by atoms with Crippen LogP contribution in [0.25, 0.3) is 72.2 Å². The minimum absolute atomic E-state index is 0.443. The van der Waals surface area contributed by atoms with Gasteiger partial charge in [0.05, 0.1) is 27.8 Å². The Labute approximate surface area is 277 Å². The van der Waals surface area contributed by atoms with Crippen LogP contribution in [0.2, 0.25) is 0 Å². The third-order valence-corrected chi connectivity index (χ3v) is 10.6. The molecule has 3 heteroatoms. The molecule has 2 heterocycles. The standard InChI is InChI=1S/C45H27N3/c1-3-13-28(14-4-1)37-27-38(29-15-5-2-6-16-29)47-44(46-37)48-39-24-12-23-36-42(39)43-40(48)26-25-30-17-11-22-35(41(30)43)45(36)33-20-9-7-18-31(33)32-19-8-10-21-34(32)45/h1-27H. The molecule has 222 valence electrons. The van der Waals surface area contributed by atoms with Crippen molar-refractivity contribution in [2.24, 2.45) is 0 Å². The summed E-state index contributed by atoms with van der Waals surface area (Å²) in [4.78, 5) is 10.6. The van der Waals surface area contributed by atoms with Gasteiger partial charge in [-0.15, -0.1) is 0 Å². The van der Waals surface area contributed by atoms with Gasteiger partial charge in [0.15, 0.2) is 0 Å². The van der Waals surface area contributed by atoms with Crippen molar-refractivity contribution in [3.05, 3.63) is 186 Å². The zero-order valence-corrected chi connectivity index (χ0v) is 25.9. The Hall–Kier alpha value is -6.32. The number of fused-ring (bicyclic) bond motifs is 7. The van der Waals surface area contributed by atoms with Crippen molar-refractivity contribution in [2.75, 3.05) is 0 Å². The molecule has 2 aliphatic rings. The van der Waals surface area contributed by atoms with E-state index in [1.165, 1.54) is 54.9 Å². The van der Waals surface area contributed by atoms with Crippen LogP contribution in [0.3, 0.4) is 0 Å². The molecular weight excluding hydrogens is 583 g/mol. The summed E-state index contributed by atoms with van der Waals surface area (Å²) in [6.45, 7) is 0. The highest BCUT2D eigenvalue weighted by molar-refractivity contribution is 6.26. The monoisotopic (exact) mass is 609 g/mol.